The quantitative estimate of drug-likeness (QED) is 0.433. The third-order valence-corrected chi connectivity index (χ3v) is 4.27. The standard InChI is InChI=1S/C23H27NO7/c1-5-29-20-10-8-17(12-21(20)30-6-2)23(27)24-13-22(26)31-14-18-11-16(15(3)25)7-9-19(18)28-4/h7-12H,5-6,13-14H2,1-4H3,(H,24,27). The van der Waals surface area contributed by atoms with Crippen LogP contribution in [0.3, 0.4) is 0 Å². The maximum absolute atomic E-state index is 12.4. The van der Waals surface area contributed by atoms with Gasteiger partial charge in [0.25, 0.3) is 5.91 Å². The number of amides is 1. The topological polar surface area (TPSA) is 100 Å². The van der Waals surface area contributed by atoms with E-state index in [1.54, 1.807) is 36.4 Å². The summed E-state index contributed by atoms with van der Waals surface area (Å²) >= 11 is 0. The average Bonchev–Trinajstić information content (AvgIpc) is 2.77. The lowest BCUT2D eigenvalue weighted by Crippen LogP contribution is -2.30. The van der Waals surface area contributed by atoms with E-state index in [-0.39, 0.29) is 18.9 Å². The summed E-state index contributed by atoms with van der Waals surface area (Å²) in [6.45, 7) is 5.63. The molecule has 0 aliphatic heterocycles. The molecular formula is C23H27NO7. The van der Waals surface area contributed by atoms with E-state index in [9.17, 15) is 14.4 Å². The fourth-order valence-corrected chi connectivity index (χ4v) is 2.77. The Morgan fingerprint density at radius 1 is 0.871 bits per heavy atom. The van der Waals surface area contributed by atoms with Crippen LogP contribution in [0.15, 0.2) is 36.4 Å². The Balaban J connectivity index is 1.96. The van der Waals surface area contributed by atoms with Gasteiger partial charge in [-0.2, -0.15) is 0 Å². The van der Waals surface area contributed by atoms with Crippen LogP contribution >= 0.6 is 0 Å². The molecule has 166 valence electrons. The average molecular weight is 429 g/mol. The second-order valence-electron chi connectivity index (χ2n) is 6.45. The van der Waals surface area contributed by atoms with E-state index in [0.29, 0.717) is 47.2 Å². The van der Waals surface area contributed by atoms with Crippen molar-refractivity contribution < 1.29 is 33.3 Å². The Kier molecular flexibility index (Phi) is 8.87. The minimum Gasteiger partial charge on any atom is -0.496 e. The first-order valence-electron chi connectivity index (χ1n) is 9.90. The van der Waals surface area contributed by atoms with Gasteiger partial charge in [-0.05, 0) is 57.2 Å². The normalized spacial score (nSPS) is 10.2. The third-order valence-electron chi connectivity index (χ3n) is 4.27. The number of esters is 1. The fraction of sp³-hybridized carbons (Fsp3) is 0.348. The van der Waals surface area contributed by atoms with Gasteiger partial charge in [0.15, 0.2) is 17.3 Å². The van der Waals surface area contributed by atoms with Crippen molar-refractivity contribution in [1.82, 2.24) is 5.32 Å². The summed E-state index contributed by atoms with van der Waals surface area (Å²) in [5.74, 6) is 0.319. The SMILES string of the molecule is CCOc1ccc(C(=O)NCC(=O)OCc2cc(C(C)=O)ccc2OC)cc1OCC. The van der Waals surface area contributed by atoms with Crippen LogP contribution in [0.5, 0.6) is 17.2 Å². The Morgan fingerprint density at radius 3 is 2.16 bits per heavy atom. The van der Waals surface area contributed by atoms with Gasteiger partial charge >= 0.3 is 5.97 Å². The fourth-order valence-electron chi connectivity index (χ4n) is 2.77. The van der Waals surface area contributed by atoms with E-state index in [4.69, 9.17) is 18.9 Å². The van der Waals surface area contributed by atoms with Gasteiger partial charge in [0, 0.05) is 16.7 Å². The molecule has 0 saturated heterocycles. The number of hydrogen-bond acceptors (Lipinski definition) is 7. The molecule has 0 aliphatic carbocycles. The smallest absolute Gasteiger partial charge is 0.325 e. The number of nitrogens with one attached hydrogen (secondary N) is 1. The van der Waals surface area contributed by atoms with E-state index >= 15 is 0 Å². The number of carbonyl (C=O) groups excluding carboxylic acids is 3. The van der Waals surface area contributed by atoms with Gasteiger partial charge < -0.3 is 24.3 Å². The van der Waals surface area contributed by atoms with Gasteiger partial charge in [0.2, 0.25) is 0 Å². The second kappa shape index (κ2) is 11.6. The van der Waals surface area contributed by atoms with Crippen LogP contribution in [0.25, 0.3) is 0 Å². The number of methoxy groups -OCH3 is 1. The zero-order chi connectivity index (χ0) is 22.8. The van der Waals surface area contributed by atoms with Crippen LogP contribution in [-0.2, 0) is 16.1 Å². The number of carbonyl (C=O) groups is 3. The van der Waals surface area contributed by atoms with Crippen LogP contribution in [-0.4, -0.2) is 44.5 Å². The van der Waals surface area contributed by atoms with Crippen molar-refractivity contribution in [2.75, 3.05) is 26.9 Å². The number of ketones is 1. The zero-order valence-corrected chi connectivity index (χ0v) is 18.2. The predicted molar refractivity (Wildman–Crippen MR) is 114 cm³/mol. The Labute approximate surface area is 181 Å². The highest BCUT2D eigenvalue weighted by atomic mass is 16.5. The van der Waals surface area contributed by atoms with Gasteiger partial charge in [0.1, 0.15) is 18.9 Å². The molecule has 0 bridgehead atoms. The van der Waals surface area contributed by atoms with Gasteiger partial charge in [-0.15, -0.1) is 0 Å². The Morgan fingerprint density at radius 2 is 1.52 bits per heavy atom. The van der Waals surface area contributed by atoms with Gasteiger partial charge in [0.05, 0.1) is 20.3 Å². The van der Waals surface area contributed by atoms with Gasteiger partial charge in [-0.3, -0.25) is 14.4 Å². The molecule has 2 aromatic carbocycles. The van der Waals surface area contributed by atoms with Crippen molar-refractivity contribution in [2.24, 2.45) is 0 Å². The summed E-state index contributed by atoms with van der Waals surface area (Å²) < 4.78 is 21.4. The summed E-state index contributed by atoms with van der Waals surface area (Å²) in [5, 5.41) is 2.52. The lowest BCUT2D eigenvalue weighted by atomic mass is 10.1. The van der Waals surface area contributed by atoms with E-state index in [2.05, 4.69) is 5.32 Å². The summed E-state index contributed by atoms with van der Waals surface area (Å²) in [6, 6.07) is 9.70. The number of benzene rings is 2. The summed E-state index contributed by atoms with van der Waals surface area (Å²) in [7, 11) is 1.49. The van der Waals surface area contributed by atoms with Crippen LogP contribution in [0.4, 0.5) is 0 Å². The molecule has 2 aromatic rings. The highest BCUT2D eigenvalue weighted by molar-refractivity contribution is 5.96. The van der Waals surface area contributed by atoms with Crippen LogP contribution in [0.2, 0.25) is 0 Å². The first-order chi connectivity index (χ1) is 14.9. The monoisotopic (exact) mass is 429 g/mol. The molecule has 0 aromatic heterocycles. The molecular weight excluding hydrogens is 402 g/mol. The highest BCUT2D eigenvalue weighted by Crippen LogP contribution is 2.28. The molecule has 2 rings (SSSR count). The number of hydrogen-bond donors (Lipinski definition) is 1. The van der Waals surface area contributed by atoms with Gasteiger partial charge in [-0.25, -0.2) is 0 Å². The second-order valence-corrected chi connectivity index (χ2v) is 6.45. The molecule has 0 heterocycles. The minimum absolute atomic E-state index is 0.0868. The van der Waals surface area contributed by atoms with Crippen LogP contribution < -0.4 is 19.5 Å². The lowest BCUT2D eigenvalue weighted by Gasteiger charge is -2.13. The number of Topliss-reactive ketones (excluding diaryl/α,β-unsaturated/α-hetero) is 1. The maximum Gasteiger partial charge on any atom is 0.325 e. The van der Waals surface area contributed by atoms with Crippen LogP contribution in [0.1, 0.15) is 47.1 Å². The molecule has 0 spiro atoms. The summed E-state index contributed by atoms with van der Waals surface area (Å²) in [6.07, 6.45) is 0. The molecule has 0 fully saturated rings. The van der Waals surface area contributed by atoms with Gasteiger partial charge in [-0.1, -0.05) is 0 Å². The van der Waals surface area contributed by atoms with Crippen LogP contribution in [0, 0.1) is 0 Å². The van der Waals surface area contributed by atoms with Crippen molar-refractivity contribution in [2.45, 2.75) is 27.4 Å². The van der Waals surface area contributed by atoms with E-state index in [1.165, 1.54) is 14.0 Å². The van der Waals surface area contributed by atoms with Crippen molar-refractivity contribution in [3.63, 3.8) is 0 Å². The third kappa shape index (κ3) is 6.74. The molecule has 0 atom stereocenters. The molecule has 1 amide bonds. The molecule has 0 saturated carbocycles. The van der Waals surface area contributed by atoms with E-state index in [1.807, 2.05) is 13.8 Å². The molecule has 0 unspecified atom stereocenters. The van der Waals surface area contributed by atoms with Crippen molar-refractivity contribution >= 4 is 17.7 Å². The van der Waals surface area contributed by atoms with E-state index < -0.39 is 11.9 Å². The van der Waals surface area contributed by atoms with E-state index in [0.717, 1.165) is 0 Å². The van der Waals surface area contributed by atoms with Crippen molar-refractivity contribution in [3.05, 3.63) is 53.1 Å². The summed E-state index contributed by atoms with van der Waals surface area (Å²) in [5.41, 5.74) is 1.37. The highest BCUT2D eigenvalue weighted by Gasteiger charge is 2.14. The number of ether oxygens (including phenoxy) is 4. The Bertz CT molecular complexity index is 940. The Hall–Kier alpha value is -3.55. The van der Waals surface area contributed by atoms with Crippen molar-refractivity contribution in [1.29, 1.82) is 0 Å². The van der Waals surface area contributed by atoms with Crippen molar-refractivity contribution in [3.8, 4) is 17.2 Å². The molecule has 31 heavy (non-hydrogen) atoms. The molecule has 0 radical (unpaired) electrons. The first-order valence-corrected chi connectivity index (χ1v) is 9.90. The molecule has 8 nitrogen and oxygen atoms in total. The molecule has 8 heteroatoms. The molecule has 1 N–H and O–H groups in total. The largest absolute Gasteiger partial charge is 0.496 e. The first kappa shape index (κ1) is 23.7. The summed E-state index contributed by atoms with van der Waals surface area (Å²) in [4.78, 5) is 36.0. The molecule has 0 aliphatic rings. The number of rotatable bonds is 11. The lowest BCUT2D eigenvalue weighted by molar-refractivity contribution is -0.143. The predicted octanol–water partition coefficient (Wildman–Crippen LogP) is 3.17. The maximum atomic E-state index is 12.4. The minimum atomic E-state index is -0.625. The zero-order valence-electron chi connectivity index (χ0n) is 18.2.